The zero-order chi connectivity index (χ0) is 13.0. The largest absolute Gasteiger partial charge is 1.00 e. The topological polar surface area (TPSA) is 43.4 Å². The average molecular weight is 328 g/mol. The van der Waals surface area contributed by atoms with Crippen molar-refractivity contribution in [2.75, 3.05) is 0 Å². The molecule has 0 aliphatic heterocycles. The van der Waals surface area contributed by atoms with Gasteiger partial charge in [0.15, 0.2) is 0 Å². The van der Waals surface area contributed by atoms with Gasteiger partial charge >= 0.3 is 59.1 Å². The van der Waals surface area contributed by atoms with Crippen LogP contribution in [-0.2, 0) is 25.8 Å². The molecule has 2 aromatic rings. The maximum absolute atomic E-state index is 11.8. The van der Waals surface area contributed by atoms with Crippen LogP contribution in [0.15, 0.2) is 64.4 Å². The first-order valence-corrected chi connectivity index (χ1v) is 7.46. The van der Waals surface area contributed by atoms with Crippen molar-refractivity contribution in [3.8, 4) is 0 Å². The number of rotatable bonds is 4. The van der Waals surface area contributed by atoms with Crippen molar-refractivity contribution in [2.24, 2.45) is 0 Å². The second-order valence-electron chi connectivity index (χ2n) is 3.66. The molecule has 3 nitrogen and oxygen atoms in total. The fourth-order valence-corrected chi connectivity index (χ4v) is 3.13. The second kappa shape index (κ2) is 10.4. The average Bonchev–Trinajstić information content (AvgIpc) is 2.40. The van der Waals surface area contributed by atoms with Crippen LogP contribution in [-0.4, -0.2) is 8.42 Å². The number of benzene rings is 2. The van der Waals surface area contributed by atoms with E-state index in [1.165, 1.54) is 0 Å². The van der Waals surface area contributed by atoms with Gasteiger partial charge in [-0.2, -0.15) is 3.63 Å². The first-order chi connectivity index (χ1) is 8.66. The molecule has 0 aliphatic rings. The van der Waals surface area contributed by atoms with E-state index in [4.69, 9.17) is 3.63 Å². The van der Waals surface area contributed by atoms with Crippen molar-refractivity contribution < 1.29 is 74.0 Å². The number of hydrogen-bond acceptors (Lipinski definition) is 3. The Labute approximate surface area is 171 Å². The summed E-state index contributed by atoms with van der Waals surface area (Å²) < 4.78 is 28.6. The van der Waals surface area contributed by atoms with Crippen LogP contribution in [0, 0.1) is 6.92 Å². The van der Waals surface area contributed by atoms with E-state index < -0.39 is 22.2 Å². The van der Waals surface area contributed by atoms with Crippen LogP contribution in [0.2, 0.25) is 0 Å². The molecule has 2 aromatic carbocycles. The zero-order valence-corrected chi connectivity index (χ0v) is 17.4. The van der Waals surface area contributed by atoms with Gasteiger partial charge in [0.2, 0.25) is 22.2 Å². The predicted molar refractivity (Wildman–Crippen MR) is 73.7 cm³/mol. The minimum atomic E-state index is -1.72. The Bertz CT molecular complexity index is 584. The summed E-state index contributed by atoms with van der Waals surface area (Å²) in [4.78, 5) is 1.00. The molecule has 0 aliphatic carbocycles. The van der Waals surface area contributed by atoms with E-state index in [1.54, 1.807) is 36.4 Å². The molecular formula is C13H14Na2O3S2. The molecule has 0 amide bonds. The quantitative estimate of drug-likeness (QED) is 0.562. The SMILES string of the molecule is Cc1ccc(S(=O)OS(=O)c2ccccc2)cc1.[H-].[H-].[Na+].[Na+]. The molecule has 20 heavy (non-hydrogen) atoms. The first-order valence-electron chi connectivity index (χ1n) is 5.31. The molecule has 0 radical (unpaired) electrons. The van der Waals surface area contributed by atoms with Crippen LogP contribution < -0.4 is 59.1 Å². The van der Waals surface area contributed by atoms with Crippen LogP contribution >= 0.6 is 0 Å². The van der Waals surface area contributed by atoms with Crippen LogP contribution in [0.25, 0.3) is 0 Å². The fourth-order valence-electron chi connectivity index (χ4n) is 1.32. The molecule has 2 rings (SSSR count). The van der Waals surface area contributed by atoms with E-state index in [9.17, 15) is 8.42 Å². The third-order valence-corrected chi connectivity index (χ3v) is 4.58. The molecule has 0 fully saturated rings. The fraction of sp³-hybridized carbons (Fsp3) is 0.0769. The standard InChI is InChI=1S/C13H12O3S2.2Na.2H/c1-11-7-9-13(10-8-11)18(15)16-17(14)12-5-3-2-4-6-12;;;;/h2-10H,1H3;;;;/q;2*+1;2*-1. The summed E-state index contributed by atoms with van der Waals surface area (Å²) in [6.07, 6.45) is 0. The molecule has 7 heteroatoms. The monoisotopic (exact) mass is 328 g/mol. The number of aryl methyl sites for hydroxylation is 1. The normalized spacial score (nSPS) is 12.7. The first kappa shape index (κ1) is 20.7. The Hall–Kier alpha value is 0.700. The van der Waals surface area contributed by atoms with Crippen molar-refractivity contribution in [1.29, 1.82) is 0 Å². The number of hydrogen-bond donors (Lipinski definition) is 0. The second-order valence-corrected chi connectivity index (χ2v) is 6.09. The molecule has 0 heterocycles. The molecule has 0 N–H and O–H groups in total. The maximum atomic E-state index is 11.8. The zero-order valence-electron chi connectivity index (χ0n) is 13.7. The van der Waals surface area contributed by atoms with Gasteiger partial charge in [0.05, 0.1) is 9.79 Å². The minimum absolute atomic E-state index is 0. The van der Waals surface area contributed by atoms with Gasteiger partial charge in [0.25, 0.3) is 0 Å². The Morgan fingerprint density at radius 3 is 1.75 bits per heavy atom. The summed E-state index contributed by atoms with van der Waals surface area (Å²) in [5, 5.41) is 0. The summed E-state index contributed by atoms with van der Waals surface area (Å²) in [7, 11) is 0. The predicted octanol–water partition coefficient (Wildman–Crippen LogP) is -3.01. The smallest absolute Gasteiger partial charge is 1.00 e. The van der Waals surface area contributed by atoms with E-state index in [-0.39, 0.29) is 62.0 Å². The van der Waals surface area contributed by atoms with Crippen LogP contribution in [0.5, 0.6) is 0 Å². The van der Waals surface area contributed by atoms with E-state index in [0.717, 1.165) is 5.56 Å². The van der Waals surface area contributed by atoms with E-state index in [2.05, 4.69) is 0 Å². The molecule has 0 saturated heterocycles. The summed E-state index contributed by atoms with van der Waals surface area (Å²) in [5.41, 5.74) is 1.07. The van der Waals surface area contributed by atoms with E-state index in [0.29, 0.717) is 9.79 Å². The van der Waals surface area contributed by atoms with E-state index >= 15 is 0 Å². The molecular weight excluding hydrogens is 314 g/mol. The van der Waals surface area contributed by atoms with Crippen LogP contribution in [0.4, 0.5) is 0 Å². The Balaban J connectivity index is -0.000000902. The minimum Gasteiger partial charge on any atom is -1.00 e. The van der Waals surface area contributed by atoms with Gasteiger partial charge in [0.1, 0.15) is 0 Å². The third kappa shape index (κ3) is 6.22. The molecule has 98 valence electrons. The van der Waals surface area contributed by atoms with Crippen molar-refractivity contribution in [2.45, 2.75) is 16.7 Å². The Morgan fingerprint density at radius 1 is 0.800 bits per heavy atom. The Kier molecular flexibility index (Phi) is 10.8. The van der Waals surface area contributed by atoms with Crippen LogP contribution in [0.1, 0.15) is 8.42 Å². The summed E-state index contributed by atoms with van der Waals surface area (Å²) >= 11 is -3.44. The molecule has 0 aromatic heterocycles. The summed E-state index contributed by atoms with van der Waals surface area (Å²) in [6, 6.07) is 15.7. The van der Waals surface area contributed by atoms with Crippen molar-refractivity contribution in [3.63, 3.8) is 0 Å². The van der Waals surface area contributed by atoms with Gasteiger partial charge in [-0.25, -0.2) is 8.42 Å². The van der Waals surface area contributed by atoms with Gasteiger partial charge < -0.3 is 2.85 Å². The van der Waals surface area contributed by atoms with Crippen molar-refractivity contribution in [1.82, 2.24) is 0 Å². The van der Waals surface area contributed by atoms with E-state index in [1.807, 2.05) is 25.1 Å². The molecule has 2 unspecified atom stereocenters. The van der Waals surface area contributed by atoms with Gasteiger partial charge in [-0.3, -0.25) is 0 Å². The van der Waals surface area contributed by atoms with Gasteiger partial charge in [-0.1, -0.05) is 35.9 Å². The van der Waals surface area contributed by atoms with Crippen LogP contribution in [0.3, 0.4) is 0 Å². The Morgan fingerprint density at radius 2 is 1.25 bits per heavy atom. The maximum Gasteiger partial charge on any atom is 1.00 e. The van der Waals surface area contributed by atoms with Gasteiger partial charge in [-0.05, 0) is 31.2 Å². The summed E-state index contributed by atoms with van der Waals surface area (Å²) in [5.74, 6) is 0. The molecule has 0 bridgehead atoms. The van der Waals surface area contributed by atoms with Gasteiger partial charge in [-0.15, -0.1) is 0 Å². The molecule has 2 atom stereocenters. The van der Waals surface area contributed by atoms with Gasteiger partial charge in [0, 0.05) is 0 Å². The summed E-state index contributed by atoms with van der Waals surface area (Å²) in [6.45, 7) is 1.94. The van der Waals surface area contributed by atoms with Crippen molar-refractivity contribution in [3.05, 3.63) is 60.2 Å². The van der Waals surface area contributed by atoms with Crippen molar-refractivity contribution >= 4 is 22.2 Å². The third-order valence-electron chi connectivity index (χ3n) is 2.27. The molecule has 0 saturated carbocycles. The molecule has 0 spiro atoms.